The Hall–Kier alpha value is -3.60. The van der Waals surface area contributed by atoms with Gasteiger partial charge in [0.15, 0.2) is 16.7 Å². The lowest BCUT2D eigenvalue weighted by atomic mass is 10.1. The predicted molar refractivity (Wildman–Crippen MR) is 137 cm³/mol. The van der Waals surface area contributed by atoms with E-state index in [1.165, 1.54) is 41.6 Å². The summed E-state index contributed by atoms with van der Waals surface area (Å²) in [6.45, 7) is 2.41. The number of carbonyl (C=O) groups excluding carboxylic acids is 1. The Balaban J connectivity index is 1.50. The maximum atomic E-state index is 12.5. The van der Waals surface area contributed by atoms with Gasteiger partial charge in [0, 0.05) is 0 Å². The number of methoxy groups -OCH3 is 1. The summed E-state index contributed by atoms with van der Waals surface area (Å²) >= 11 is 1.18. The molecule has 35 heavy (non-hydrogen) atoms. The van der Waals surface area contributed by atoms with Crippen molar-refractivity contribution >= 4 is 44.6 Å². The molecule has 1 aliphatic rings. The van der Waals surface area contributed by atoms with E-state index in [1.54, 1.807) is 19.3 Å². The van der Waals surface area contributed by atoms with Gasteiger partial charge in [-0.2, -0.15) is 0 Å². The van der Waals surface area contributed by atoms with Gasteiger partial charge in [0.05, 0.1) is 22.6 Å². The topological polar surface area (TPSA) is 120 Å². The van der Waals surface area contributed by atoms with Gasteiger partial charge in [0.25, 0.3) is 5.91 Å². The van der Waals surface area contributed by atoms with Crippen LogP contribution in [0, 0.1) is 6.92 Å². The molecular weight excluding hydrogens is 486 g/mol. The zero-order valence-corrected chi connectivity index (χ0v) is 20.7. The molecule has 0 aromatic heterocycles. The van der Waals surface area contributed by atoms with Crippen molar-refractivity contribution in [2.45, 2.75) is 18.4 Å². The van der Waals surface area contributed by atoms with Crippen molar-refractivity contribution in [3.05, 3.63) is 88.3 Å². The van der Waals surface area contributed by atoms with E-state index in [9.17, 15) is 13.2 Å². The van der Waals surface area contributed by atoms with Crippen molar-refractivity contribution in [2.75, 3.05) is 7.11 Å². The fourth-order valence-corrected chi connectivity index (χ4v) is 4.56. The highest BCUT2D eigenvalue weighted by molar-refractivity contribution is 8.18. The van der Waals surface area contributed by atoms with E-state index in [1.807, 2.05) is 43.3 Å². The Labute approximate surface area is 207 Å². The van der Waals surface area contributed by atoms with Gasteiger partial charge in [-0.3, -0.25) is 4.79 Å². The van der Waals surface area contributed by atoms with Gasteiger partial charge in [-0.25, -0.2) is 18.5 Å². The number of hydrogen-bond acceptors (Lipinski definition) is 7. The minimum atomic E-state index is -3.78. The van der Waals surface area contributed by atoms with Gasteiger partial charge in [-0.1, -0.05) is 35.9 Å². The Bertz CT molecular complexity index is 1410. The van der Waals surface area contributed by atoms with Gasteiger partial charge in [-0.15, -0.1) is 0 Å². The first-order valence-electron chi connectivity index (χ1n) is 10.5. The second-order valence-corrected chi connectivity index (χ2v) is 10.3. The molecule has 0 atom stereocenters. The standard InChI is InChI=1S/C25H23N3O5S2/c1-16-3-5-17(6-4-16)15-33-22-13-18(7-12-21(22)32-2)14-23-24(29)28-25(34-23)27-19-8-10-20(11-9-19)35(26,30)31/h3-14H,15H2,1-2H3,(H2,26,30,31)(H,27,28,29)/b23-14-. The molecule has 3 N–H and O–H groups in total. The molecule has 1 heterocycles. The van der Waals surface area contributed by atoms with Gasteiger partial charge in [0.2, 0.25) is 10.0 Å². The third-order valence-electron chi connectivity index (χ3n) is 5.05. The van der Waals surface area contributed by atoms with Crippen molar-refractivity contribution in [2.24, 2.45) is 10.1 Å². The molecular formula is C25H23N3O5S2. The van der Waals surface area contributed by atoms with E-state index in [-0.39, 0.29) is 10.8 Å². The van der Waals surface area contributed by atoms with Crippen LogP contribution in [0.4, 0.5) is 5.69 Å². The molecule has 3 aromatic rings. The molecule has 0 saturated carbocycles. The molecule has 4 rings (SSSR count). The molecule has 1 amide bonds. The van der Waals surface area contributed by atoms with Crippen molar-refractivity contribution < 1.29 is 22.7 Å². The summed E-state index contributed by atoms with van der Waals surface area (Å²) in [5.41, 5.74) is 3.46. The normalized spacial score (nSPS) is 15.9. The summed E-state index contributed by atoms with van der Waals surface area (Å²) in [4.78, 5) is 17.3. The van der Waals surface area contributed by atoms with Gasteiger partial charge in [0.1, 0.15) is 6.61 Å². The summed E-state index contributed by atoms with van der Waals surface area (Å²) in [5.74, 6) is 0.871. The zero-order chi connectivity index (χ0) is 25.0. The first-order chi connectivity index (χ1) is 16.7. The molecule has 0 radical (unpaired) electrons. The highest BCUT2D eigenvalue weighted by atomic mass is 32.2. The molecule has 0 spiro atoms. The number of carbonyl (C=O) groups is 1. The van der Waals surface area contributed by atoms with Crippen LogP contribution in [0.2, 0.25) is 0 Å². The van der Waals surface area contributed by atoms with E-state index < -0.39 is 10.0 Å². The fraction of sp³-hybridized carbons (Fsp3) is 0.120. The number of amides is 1. The van der Waals surface area contributed by atoms with Crippen LogP contribution in [0.25, 0.3) is 6.08 Å². The maximum absolute atomic E-state index is 12.5. The van der Waals surface area contributed by atoms with Crippen molar-refractivity contribution in [1.29, 1.82) is 0 Å². The van der Waals surface area contributed by atoms with Crippen LogP contribution in [-0.4, -0.2) is 26.6 Å². The Morgan fingerprint density at radius 1 is 1.03 bits per heavy atom. The SMILES string of the molecule is COc1ccc(/C=C2\SC(=Nc3ccc(S(N)(=O)=O)cc3)NC2=O)cc1OCc1ccc(C)cc1. The van der Waals surface area contributed by atoms with Gasteiger partial charge >= 0.3 is 0 Å². The summed E-state index contributed by atoms with van der Waals surface area (Å²) in [6, 6.07) is 19.3. The van der Waals surface area contributed by atoms with Gasteiger partial charge < -0.3 is 14.8 Å². The largest absolute Gasteiger partial charge is 0.493 e. The average molecular weight is 510 g/mol. The third kappa shape index (κ3) is 6.30. The van der Waals surface area contributed by atoms with Crippen LogP contribution < -0.4 is 19.9 Å². The van der Waals surface area contributed by atoms with Crippen molar-refractivity contribution in [3.8, 4) is 11.5 Å². The number of benzene rings is 3. The van der Waals surface area contributed by atoms with E-state index >= 15 is 0 Å². The minimum Gasteiger partial charge on any atom is -0.493 e. The summed E-state index contributed by atoms with van der Waals surface area (Å²) in [7, 11) is -2.21. The molecule has 8 nitrogen and oxygen atoms in total. The molecule has 3 aromatic carbocycles. The monoisotopic (exact) mass is 509 g/mol. The van der Waals surface area contributed by atoms with Crippen molar-refractivity contribution in [3.63, 3.8) is 0 Å². The minimum absolute atomic E-state index is 0.00921. The molecule has 0 bridgehead atoms. The van der Waals surface area contributed by atoms with Crippen LogP contribution in [0.5, 0.6) is 11.5 Å². The van der Waals surface area contributed by atoms with E-state index in [0.29, 0.717) is 33.9 Å². The van der Waals surface area contributed by atoms with Crippen LogP contribution in [-0.2, 0) is 21.4 Å². The van der Waals surface area contributed by atoms with Crippen LogP contribution in [0.15, 0.2) is 81.5 Å². The number of nitrogens with zero attached hydrogens (tertiary/aromatic N) is 1. The van der Waals surface area contributed by atoms with E-state index in [0.717, 1.165) is 11.1 Å². The quantitative estimate of drug-likeness (QED) is 0.462. The number of nitrogens with two attached hydrogens (primary N) is 1. The van der Waals surface area contributed by atoms with Crippen LogP contribution in [0.1, 0.15) is 16.7 Å². The number of aliphatic imine (C=N–C) groups is 1. The number of hydrogen-bond donors (Lipinski definition) is 2. The maximum Gasteiger partial charge on any atom is 0.264 e. The number of sulfonamides is 1. The number of primary sulfonamides is 1. The second kappa shape index (κ2) is 10.3. The highest BCUT2D eigenvalue weighted by Crippen LogP contribution is 2.33. The number of nitrogens with one attached hydrogen (secondary N) is 1. The molecule has 1 aliphatic heterocycles. The van der Waals surface area contributed by atoms with E-state index in [4.69, 9.17) is 14.6 Å². The number of thioether (sulfide) groups is 1. The Kier molecular flexibility index (Phi) is 7.25. The van der Waals surface area contributed by atoms with Crippen LogP contribution >= 0.6 is 11.8 Å². The van der Waals surface area contributed by atoms with Crippen molar-refractivity contribution in [1.82, 2.24) is 5.32 Å². The molecule has 1 saturated heterocycles. The van der Waals surface area contributed by atoms with E-state index in [2.05, 4.69) is 10.3 Å². The number of aryl methyl sites for hydroxylation is 1. The number of amidine groups is 1. The molecule has 180 valence electrons. The Morgan fingerprint density at radius 2 is 1.74 bits per heavy atom. The third-order valence-corrected chi connectivity index (χ3v) is 6.89. The number of rotatable bonds is 7. The van der Waals surface area contributed by atoms with Crippen LogP contribution in [0.3, 0.4) is 0 Å². The predicted octanol–water partition coefficient (Wildman–Crippen LogP) is 4.12. The molecule has 1 fully saturated rings. The summed E-state index contributed by atoms with van der Waals surface area (Å²) < 4.78 is 34.2. The summed E-state index contributed by atoms with van der Waals surface area (Å²) in [6.07, 6.45) is 1.74. The lowest BCUT2D eigenvalue weighted by Crippen LogP contribution is -2.19. The first-order valence-corrected chi connectivity index (χ1v) is 12.9. The average Bonchev–Trinajstić information content (AvgIpc) is 3.16. The first kappa shape index (κ1) is 24.5. The zero-order valence-electron chi connectivity index (χ0n) is 19.0. The second-order valence-electron chi connectivity index (χ2n) is 7.71. The lowest BCUT2D eigenvalue weighted by Gasteiger charge is -2.12. The molecule has 0 unspecified atom stereocenters. The van der Waals surface area contributed by atoms with Gasteiger partial charge in [-0.05, 0) is 72.3 Å². The summed E-state index contributed by atoms with van der Waals surface area (Å²) in [5, 5.41) is 8.21. The lowest BCUT2D eigenvalue weighted by molar-refractivity contribution is -0.115. The number of ether oxygens (including phenoxy) is 2. The molecule has 10 heteroatoms. The molecule has 0 aliphatic carbocycles. The Morgan fingerprint density at radius 3 is 2.40 bits per heavy atom. The fourth-order valence-electron chi connectivity index (χ4n) is 3.20. The highest BCUT2D eigenvalue weighted by Gasteiger charge is 2.24. The smallest absolute Gasteiger partial charge is 0.264 e.